The third-order valence-corrected chi connectivity index (χ3v) is 4.60. The molecule has 1 aliphatic heterocycles. The first-order chi connectivity index (χ1) is 11.2. The third kappa shape index (κ3) is 3.91. The van der Waals surface area contributed by atoms with E-state index in [1.807, 2.05) is 0 Å². The molecule has 0 spiro atoms. The molecule has 3 heterocycles. The van der Waals surface area contributed by atoms with E-state index in [1.165, 1.54) is 4.40 Å². The van der Waals surface area contributed by atoms with Crippen molar-refractivity contribution in [2.24, 2.45) is 0 Å². The molecule has 23 heavy (non-hydrogen) atoms. The highest BCUT2D eigenvalue weighted by molar-refractivity contribution is 6.30. The van der Waals surface area contributed by atoms with Crippen LogP contribution in [0, 0.1) is 0 Å². The number of nitrogens with one attached hydrogen (secondary N) is 1. The zero-order valence-electron chi connectivity index (χ0n) is 13.5. The number of pyridine rings is 1. The molecule has 0 unspecified atom stereocenters. The lowest BCUT2D eigenvalue weighted by Gasteiger charge is -2.34. The van der Waals surface area contributed by atoms with E-state index in [0.29, 0.717) is 16.7 Å². The van der Waals surface area contributed by atoms with Gasteiger partial charge in [0.2, 0.25) is 0 Å². The maximum absolute atomic E-state index is 12.3. The zero-order valence-corrected chi connectivity index (χ0v) is 14.2. The van der Waals surface area contributed by atoms with Crippen LogP contribution in [0.2, 0.25) is 5.02 Å². The van der Waals surface area contributed by atoms with E-state index in [9.17, 15) is 4.79 Å². The Hall–Kier alpha value is -1.43. The quantitative estimate of drug-likeness (QED) is 0.911. The maximum Gasteiger partial charge on any atom is 0.258 e. The van der Waals surface area contributed by atoms with Gasteiger partial charge in [0.25, 0.3) is 5.56 Å². The monoisotopic (exact) mass is 334 g/mol. The van der Waals surface area contributed by atoms with Crippen molar-refractivity contribution in [1.29, 1.82) is 0 Å². The van der Waals surface area contributed by atoms with Crippen molar-refractivity contribution < 1.29 is 0 Å². The Morgan fingerprint density at radius 2 is 2.17 bits per heavy atom. The Morgan fingerprint density at radius 1 is 1.39 bits per heavy atom. The highest BCUT2D eigenvalue weighted by Crippen LogP contribution is 2.16. The smallest absolute Gasteiger partial charge is 0.258 e. The van der Waals surface area contributed by atoms with Gasteiger partial charge in [0.15, 0.2) is 0 Å². The van der Waals surface area contributed by atoms with E-state index >= 15 is 0 Å². The summed E-state index contributed by atoms with van der Waals surface area (Å²) in [5.74, 6) is 0. The second-order valence-corrected chi connectivity index (χ2v) is 6.55. The summed E-state index contributed by atoms with van der Waals surface area (Å²) < 4.78 is 1.50. The Bertz CT molecular complexity index is 724. The lowest BCUT2D eigenvalue weighted by molar-refractivity contribution is 0.152. The molecule has 0 bridgehead atoms. The van der Waals surface area contributed by atoms with E-state index < -0.39 is 0 Å². The SMILES string of the molecule is CCCN(Cc1cc(=O)n2cc(Cl)ccc2n1)C1CCNCC1. The largest absolute Gasteiger partial charge is 0.317 e. The van der Waals surface area contributed by atoms with E-state index in [2.05, 4.69) is 22.1 Å². The second-order valence-electron chi connectivity index (χ2n) is 6.11. The number of hydrogen-bond donors (Lipinski definition) is 1. The average Bonchev–Trinajstić information content (AvgIpc) is 2.56. The van der Waals surface area contributed by atoms with E-state index in [0.717, 1.165) is 51.1 Å². The van der Waals surface area contributed by atoms with Crippen molar-refractivity contribution in [2.75, 3.05) is 19.6 Å². The molecule has 1 saturated heterocycles. The molecule has 0 radical (unpaired) electrons. The van der Waals surface area contributed by atoms with Gasteiger partial charge in [-0.05, 0) is 51.0 Å². The van der Waals surface area contributed by atoms with E-state index in [4.69, 9.17) is 11.6 Å². The minimum atomic E-state index is -0.0748. The van der Waals surface area contributed by atoms with Crippen LogP contribution in [0.4, 0.5) is 0 Å². The second kappa shape index (κ2) is 7.43. The minimum Gasteiger partial charge on any atom is -0.317 e. The molecule has 0 atom stereocenters. The number of piperidine rings is 1. The average molecular weight is 335 g/mol. The maximum atomic E-state index is 12.3. The summed E-state index contributed by atoms with van der Waals surface area (Å²) in [6.45, 7) is 6.09. The van der Waals surface area contributed by atoms with Crippen LogP contribution in [0.15, 0.2) is 29.2 Å². The first-order valence-corrected chi connectivity index (χ1v) is 8.68. The number of halogens is 1. The van der Waals surface area contributed by atoms with Crippen LogP contribution < -0.4 is 10.9 Å². The molecule has 5 nitrogen and oxygen atoms in total. The van der Waals surface area contributed by atoms with Crippen LogP contribution in [0.1, 0.15) is 31.9 Å². The van der Waals surface area contributed by atoms with Gasteiger partial charge in [0.05, 0.1) is 10.7 Å². The molecule has 3 rings (SSSR count). The highest BCUT2D eigenvalue weighted by Gasteiger charge is 2.21. The molecule has 124 valence electrons. The predicted octanol–water partition coefficient (Wildman–Crippen LogP) is 2.31. The van der Waals surface area contributed by atoms with Gasteiger partial charge >= 0.3 is 0 Å². The Labute approximate surface area is 141 Å². The van der Waals surface area contributed by atoms with Crippen LogP contribution in [0.3, 0.4) is 0 Å². The van der Waals surface area contributed by atoms with Gasteiger partial charge in [-0.1, -0.05) is 18.5 Å². The zero-order chi connectivity index (χ0) is 16.2. The van der Waals surface area contributed by atoms with Crippen LogP contribution in [0.5, 0.6) is 0 Å². The molecule has 2 aromatic rings. The van der Waals surface area contributed by atoms with Crippen LogP contribution in [-0.2, 0) is 6.54 Å². The number of hydrogen-bond acceptors (Lipinski definition) is 4. The molecule has 6 heteroatoms. The predicted molar refractivity (Wildman–Crippen MR) is 93.1 cm³/mol. The van der Waals surface area contributed by atoms with Crippen molar-refractivity contribution in [2.45, 2.75) is 38.8 Å². The molecule has 0 aliphatic carbocycles. The van der Waals surface area contributed by atoms with Gasteiger partial charge in [0, 0.05) is 24.8 Å². The lowest BCUT2D eigenvalue weighted by atomic mass is 10.0. The molecule has 2 aromatic heterocycles. The normalized spacial score (nSPS) is 16.3. The minimum absolute atomic E-state index is 0.0748. The van der Waals surface area contributed by atoms with Crippen molar-refractivity contribution in [3.8, 4) is 0 Å². The molecule has 1 aliphatic rings. The van der Waals surface area contributed by atoms with Crippen molar-refractivity contribution in [3.05, 3.63) is 45.5 Å². The summed E-state index contributed by atoms with van der Waals surface area (Å²) in [6.07, 6.45) is 5.03. The van der Waals surface area contributed by atoms with Crippen molar-refractivity contribution in [1.82, 2.24) is 19.6 Å². The van der Waals surface area contributed by atoms with Crippen LogP contribution >= 0.6 is 11.6 Å². The van der Waals surface area contributed by atoms with Gasteiger partial charge in [0.1, 0.15) is 5.65 Å². The molecular formula is C17H23ClN4O. The number of fused-ring (bicyclic) bond motifs is 1. The molecule has 1 fully saturated rings. The fourth-order valence-corrected chi connectivity index (χ4v) is 3.43. The van der Waals surface area contributed by atoms with Gasteiger partial charge in [-0.3, -0.25) is 14.1 Å². The van der Waals surface area contributed by atoms with E-state index in [1.54, 1.807) is 24.4 Å². The van der Waals surface area contributed by atoms with Crippen molar-refractivity contribution in [3.63, 3.8) is 0 Å². The number of nitrogens with zero attached hydrogens (tertiary/aromatic N) is 3. The van der Waals surface area contributed by atoms with Gasteiger partial charge in [-0.2, -0.15) is 0 Å². The summed E-state index contributed by atoms with van der Waals surface area (Å²) in [5, 5.41) is 3.94. The molecular weight excluding hydrogens is 312 g/mol. The number of aromatic nitrogens is 2. The van der Waals surface area contributed by atoms with E-state index in [-0.39, 0.29) is 5.56 Å². The Morgan fingerprint density at radius 3 is 2.91 bits per heavy atom. The fraction of sp³-hybridized carbons (Fsp3) is 0.529. The summed E-state index contributed by atoms with van der Waals surface area (Å²) in [4.78, 5) is 19.4. The first kappa shape index (κ1) is 16.4. The standard InChI is InChI=1S/C17H23ClN4O/c1-2-9-21(15-5-7-19-8-6-15)12-14-10-17(23)22-11-13(18)3-4-16(22)20-14/h3-4,10-11,15,19H,2,5-9,12H2,1H3. The molecule has 1 N–H and O–H groups in total. The lowest BCUT2D eigenvalue weighted by Crippen LogP contribution is -2.43. The molecule has 0 saturated carbocycles. The Balaban J connectivity index is 1.86. The summed E-state index contributed by atoms with van der Waals surface area (Å²) in [5.41, 5.74) is 1.41. The van der Waals surface area contributed by atoms with Gasteiger partial charge in [-0.25, -0.2) is 4.98 Å². The summed E-state index contributed by atoms with van der Waals surface area (Å²) in [7, 11) is 0. The van der Waals surface area contributed by atoms with Crippen molar-refractivity contribution >= 4 is 17.2 Å². The fourth-order valence-electron chi connectivity index (χ4n) is 3.26. The van der Waals surface area contributed by atoms with Gasteiger partial charge < -0.3 is 5.32 Å². The third-order valence-electron chi connectivity index (χ3n) is 4.38. The topological polar surface area (TPSA) is 49.6 Å². The molecule has 0 aromatic carbocycles. The summed E-state index contributed by atoms with van der Waals surface area (Å²) >= 11 is 5.96. The van der Waals surface area contributed by atoms with Crippen LogP contribution in [-0.4, -0.2) is 40.0 Å². The van der Waals surface area contributed by atoms with Crippen LogP contribution in [0.25, 0.3) is 5.65 Å². The molecule has 0 amide bonds. The van der Waals surface area contributed by atoms with Gasteiger partial charge in [-0.15, -0.1) is 0 Å². The first-order valence-electron chi connectivity index (χ1n) is 8.30. The summed E-state index contributed by atoms with van der Waals surface area (Å²) in [6, 6.07) is 5.76. The Kier molecular flexibility index (Phi) is 5.30. The highest BCUT2D eigenvalue weighted by atomic mass is 35.5. The number of rotatable bonds is 5.